The molecule has 0 saturated carbocycles. The molecular formula is C30H26BrNO5. The van der Waals surface area contributed by atoms with E-state index in [9.17, 15) is 14.4 Å². The molecule has 4 aromatic rings. The van der Waals surface area contributed by atoms with Crippen LogP contribution in [0.1, 0.15) is 70.3 Å². The smallest absolute Gasteiger partial charge is 0.338 e. The molecule has 37 heavy (non-hydrogen) atoms. The average Bonchev–Trinajstić information content (AvgIpc) is 3.21. The van der Waals surface area contributed by atoms with Crippen LogP contribution in [0, 0.1) is 0 Å². The summed E-state index contributed by atoms with van der Waals surface area (Å²) in [6.07, 6.45) is 2.61. The first-order valence-corrected chi connectivity index (χ1v) is 13.2. The van der Waals surface area contributed by atoms with E-state index in [4.69, 9.17) is 9.15 Å². The lowest BCUT2D eigenvalue weighted by atomic mass is 9.97. The zero-order chi connectivity index (χ0) is 26.1. The van der Waals surface area contributed by atoms with Crippen LogP contribution in [0.5, 0.6) is 0 Å². The fraction of sp³-hybridized carbons (Fsp3) is 0.233. The van der Waals surface area contributed by atoms with Gasteiger partial charge >= 0.3 is 5.97 Å². The molecule has 1 aromatic heterocycles. The Morgan fingerprint density at radius 3 is 2.41 bits per heavy atom. The van der Waals surface area contributed by atoms with Crippen LogP contribution in [0.3, 0.4) is 0 Å². The second-order valence-electron chi connectivity index (χ2n) is 9.02. The molecule has 6 nitrogen and oxygen atoms in total. The maximum absolute atomic E-state index is 13.8. The van der Waals surface area contributed by atoms with Gasteiger partial charge in [-0.05, 0) is 66.4 Å². The van der Waals surface area contributed by atoms with E-state index in [1.807, 2.05) is 31.2 Å². The van der Waals surface area contributed by atoms with Crippen molar-refractivity contribution in [1.29, 1.82) is 0 Å². The number of fused-ring (bicyclic) bond motifs is 2. The lowest BCUT2D eigenvalue weighted by Crippen LogP contribution is -2.29. The molecule has 188 valence electrons. The van der Waals surface area contributed by atoms with Crippen LogP contribution in [0.25, 0.3) is 11.0 Å². The third kappa shape index (κ3) is 4.60. The lowest BCUT2D eigenvalue weighted by Gasteiger charge is -2.25. The van der Waals surface area contributed by atoms with Crippen molar-refractivity contribution in [2.75, 3.05) is 11.5 Å². The summed E-state index contributed by atoms with van der Waals surface area (Å²) in [7, 11) is 0. The van der Waals surface area contributed by atoms with Crippen LogP contribution in [0.2, 0.25) is 0 Å². The van der Waals surface area contributed by atoms with Crippen LogP contribution in [-0.4, -0.2) is 18.5 Å². The first-order chi connectivity index (χ1) is 17.9. The zero-order valence-electron chi connectivity index (χ0n) is 20.6. The summed E-state index contributed by atoms with van der Waals surface area (Å²) in [5.74, 6) is -0.774. The molecule has 3 aromatic carbocycles. The molecular weight excluding hydrogens is 534 g/mol. The van der Waals surface area contributed by atoms with Crippen molar-refractivity contribution in [2.24, 2.45) is 0 Å². The Bertz CT molecular complexity index is 1540. The maximum atomic E-state index is 13.8. The molecule has 7 heteroatoms. The van der Waals surface area contributed by atoms with Crippen molar-refractivity contribution in [1.82, 2.24) is 0 Å². The zero-order valence-corrected chi connectivity index (χ0v) is 22.2. The van der Waals surface area contributed by atoms with Crippen molar-refractivity contribution in [3.05, 3.63) is 109 Å². The third-order valence-corrected chi connectivity index (χ3v) is 7.14. The van der Waals surface area contributed by atoms with E-state index in [1.54, 1.807) is 47.4 Å². The van der Waals surface area contributed by atoms with E-state index in [1.165, 1.54) is 0 Å². The van der Waals surface area contributed by atoms with Gasteiger partial charge in [-0.3, -0.25) is 14.5 Å². The normalized spacial score (nSPS) is 14.7. The number of carbonyl (C=O) groups excluding carboxylic acids is 2. The van der Waals surface area contributed by atoms with Gasteiger partial charge < -0.3 is 9.15 Å². The highest BCUT2D eigenvalue weighted by Gasteiger charge is 2.43. The number of ether oxygens (including phenoxy) is 1. The van der Waals surface area contributed by atoms with Gasteiger partial charge in [-0.15, -0.1) is 0 Å². The second-order valence-corrected chi connectivity index (χ2v) is 9.94. The monoisotopic (exact) mass is 559 g/mol. The SMILES string of the molecule is CCCCOC(=O)c1ccc(N2C(=O)c3oc4ccc(Br)cc4c(=O)c3C2c2ccc(CC)cc2)cc1. The molecule has 5 rings (SSSR count). The number of esters is 1. The van der Waals surface area contributed by atoms with Gasteiger partial charge in [0.05, 0.1) is 29.2 Å². The van der Waals surface area contributed by atoms with E-state index in [2.05, 4.69) is 22.9 Å². The first-order valence-electron chi connectivity index (χ1n) is 12.4. The van der Waals surface area contributed by atoms with Crippen molar-refractivity contribution < 1.29 is 18.7 Å². The lowest BCUT2D eigenvalue weighted by molar-refractivity contribution is 0.0499. The molecule has 0 N–H and O–H groups in total. The Morgan fingerprint density at radius 1 is 1.00 bits per heavy atom. The molecule has 1 unspecified atom stereocenters. The minimum Gasteiger partial charge on any atom is -0.462 e. The van der Waals surface area contributed by atoms with E-state index in [0.717, 1.165) is 34.9 Å². The number of halogens is 1. The Hall–Kier alpha value is -3.71. The molecule has 0 saturated heterocycles. The Labute approximate surface area is 223 Å². The van der Waals surface area contributed by atoms with Crippen LogP contribution in [-0.2, 0) is 11.2 Å². The van der Waals surface area contributed by atoms with E-state index in [0.29, 0.717) is 34.4 Å². The van der Waals surface area contributed by atoms with Gasteiger partial charge in [-0.1, -0.05) is 60.5 Å². The van der Waals surface area contributed by atoms with Gasteiger partial charge in [-0.25, -0.2) is 4.79 Å². The second kappa shape index (κ2) is 10.3. The Balaban J connectivity index is 1.62. The minimum absolute atomic E-state index is 0.0347. The standard InChI is InChI=1S/C30H26BrNO5/c1-3-5-16-36-30(35)20-10-13-22(14-11-20)32-26(19-8-6-18(4-2)7-9-19)25-27(33)23-17-21(31)12-15-24(23)37-28(25)29(32)34/h6-15,17,26H,3-5,16H2,1-2H3. The molecule has 0 radical (unpaired) electrons. The summed E-state index contributed by atoms with van der Waals surface area (Å²) in [6.45, 7) is 4.47. The molecule has 2 heterocycles. The van der Waals surface area contributed by atoms with E-state index >= 15 is 0 Å². The van der Waals surface area contributed by atoms with Gasteiger partial charge in [0.25, 0.3) is 5.91 Å². The van der Waals surface area contributed by atoms with Crippen molar-refractivity contribution >= 4 is 44.5 Å². The Morgan fingerprint density at radius 2 is 1.73 bits per heavy atom. The highest BCUT2D eigenvalue weighted by atomic mass is 79.9. The molecule has 0 spiro atoms. The minimum atomic E-state index is -0.671. The number of hydrogen-bond acceptors (Lipinski definition) is 5. The number of unbranched alkanes of at least 4 members (excludes halogenated alkanes) is 1. The molecule has 1 aliphatic heterocycles. The predicted octanol–water partition coefficient (Wildman–Crippen LogP) is 6.82. The molecule has 0 aliphatic carbocycles. The van der Waals surface area contributed by atoms with Crippen LogP contribution in [0.15, 0.2) is 80.4 Å². The fourth-order valence-corrected chi connectivity index (χ4v) is 4.97. The van der Waals surface area contributed by atoms with Crippen LogP contribution < -0.4 is 10.3 Å². The summed E-state index contributed by atoms with van der Waals surface area (Å²) in [5, 5.41) is 0.406. The van der Waals surface area contributed by atoms with Crippen molar-refractivity contribution in [2.45, 2.75) is 39.2 Å². The average molecular weight is 560 g/mol. The van der Waals surface area contributed by atoms with Crippen molar-refractivity contribution in [3.63, 3.8) is 0 Å². The summed E-state index contributed by atoms with van der Waals surface area (Å²) < 4.78 is 12.1. The number of carbonyl (C=O) groups is 2. The van der Waals surface area contributed by atoms with E-state index in [-0.39, 0.29) is 11.2 Å². The molecule has 1 aliphatic rings. The number of aryl methyl sites for hydroxylation is 1. The number of benzene rings is 3. The highest BCUT2D eigenvalue weighted by molar-refractivity contribution is 9.10. The number of rotatable bonds is 7. The molecule has 1 amide bonds. The number of nitrogens with zero attached hydrogens (tertiary/aromatic N) is 1. The summed E-state index contributed by atoms with van der Waals surface area (Å²) >= 11 is 3.43. The molecule has 0 bridgehead atoms. The number of anilines is 1. The maximum Gasteiger partial charge on any atom is 0.338 e. The highest BCUT2D eigenvalue weighted by Crippen LogP contribution is 2.41. The number of amides is 1. The van der Waals surface area contributed by atoms with E-state index < -0.39 is 17.9 Å². The topological polar surface area (TPSA) is 76.8 Å². The van der Waals surface area contributed by atoms with Crippen LogP contribution >= 0.6 is 15.9 Å². The van der Waals surface area contributed by atoms with Gasteiger partial charge in [0.15, 0.2) is 5.43 Å². The van der Waals surface area contributed by atoms with Gasteiger partial charge in [0.2, 0.25) is 5.76 Å². The number of hydrogen-bond donors (Lipinski definition) is 0. The Kier molecular flexibility index (Phi) is 6.98. The largest absolute Gasteiger partial charge is 0.462 e. The van der Waals surface area contributed by atoms with Gasteiger partial charge in [0, 0.05) is 10.2 Å². The summed E-state index contributed by atoms with van der Waals surface area (Å²) in [4.78, 5) is 41.5. The van der Waals surface area contributed by atoms with Gasteiger partial charge in [0.1, 0.15) is 5.58 Å². The molecule has 1 atom stereocenters. The summed E-state index contributed by atoms with van der Waals surface area (Å²) in [6, 6.07) is 19.1. The summed E-state index contributed by atoms with van der Waals surface area (Å²) in [5.41, 5.74) is 3.33. The van der Waals surface area contributed by atoms with Crippen molar-refractivity contribution in [3.8, 4) is 0 Å². The third-order valence-electron chi connectivity index (χ3n) is 6.65. The van der Waals surface area contributed by atoms with Crippen LogP contribution in [0.4, 0.5) is 5.69 Å². The quantitative estimate of drug-likeness (QED) is 0.183. The fourth-order valence-electron chi connectivity index (χ4n) is 4.61. The first kappa shape index (κ1) is 25.0. The predicted molar refractivity (Wildman–Crippen MR) is 146 cm³/mol. The van der Waals surface area contributed by atoms with Gasteiger partial charge in [-0.2, -0.15) is 0 Å². The molecule has 0 fully saturated rings.